The summed E-state index contributed by atoms with van der Waals surface area (Å²) in [5.41, 5.74) is 3.56. The second-order valence-corrected chi connectivity index (χ2v) is 9.00. The van der Waals surface area contributed by atoms with E-state index < -0.39 is 5.25 Å². The Morgan fingerprint density at radius 3 is 2.31 bits per heavy atom. The number of aromatic nitrogens is 2. The molecule has 0 fully saturated rings. The fraction of sp³-hybridized carbons (Fsp3) is 0.192. The second-order valence-electron chi connectivity index (χ2n) is 7.93. The molecular formula is C26H25N3O2S. The highest BCUT2D eigenvalue weighted by Gasteiger charge is 2.26. The number of benzene rings is 3. The minimum atomic E-state index is -0.511. The van der Waals surface area contributed by atoms with Crippen LogP contribution in [0.2, 0.25) is 0 Å². The lowest BCUT2D eigenvalue weighted by Crippen LogP contribution is -2.28. The van der Waals surface area contributed by atoms with E-state index in [1.54, 1.807) is 29.6 Å². The molecule has 0 aliphatic carbocycles. The van der Waals surface area contributed by atoms with Crippen LogP contribution in [-0.2, 0) is 11.3 Å². The molecule has 5 nitrogen and oxygen atoms in total. The lowest BCUT2D eigenvalue weighted by molar-refractivity contribution is -0.128. The van der Waals surface area contributed by atoms with Crippen molar-refractivity contribution >= 4 is 28.6 Å². The number of thioether (sulfide) groups is 1. The van der Waals surface area contributed by atoms with Crippen molar-refractivity contribution < 1.29 is 4.79 Å². The Labute approximate surface area is 191 Å². The number of carbonyl (C=O) groups is 1. The minimum Gasteiger partial charge on any atom is -0.348 e. The summed E-state index contributed by atoms with van der Waals surface area (Å²) in [5, 5.41) is 0.584. The highest BCUT2D eigenvalue weighted by molar-refractivity contribution is 8.00. The second kappa shape index (κ2) is 9.40. The van der Waals surface area contributed by atoms with E-state index in [-0.39, 0.29) is 11.5 Å². The lowest BCUT2D eigenvalue weighted by atomic mass is 10.1. The van der Waals surface area contributed by atoms with E-state index in [4.69, 9.17) is 4.98 Å². The van der Waals surface area contributed by atoms with Gasteiger partial charge in [-0.1, -0.05) is 84.1 Å². The number of aryl methyl sites for hydroxylation is 1. The first-order valence-corrected chi connectivity index (χ1v) is 11.3. The molecule has 0 N–H and O–H groups in total. The van der Waals surface area contributed by atoms with Crippen molar-refractivity contribution in [3.63, 3.8) is 0 Å². The largest absolute Gasteiger partial charge is 0.348 e. The number of hydrogen-bond acceptors (Lipinski definition) is 4. The van der Waals surface area contributed by atoms with E-state index in [1.807, 2.05) is 79.7 Å². The molecule has 0 saturated carbocycles. The normalized spacial score (nSPS) is 12.0. The molecule has 4 rings (SSSR count). The Bertz CT molecular complexity index is 1300. The van der Waals surface area contributed by atoms with Gasteiger partial charge in [0.05, 0.1) is 17.4 Å². The third-order valence-corrected chi connectivity index (χ3v) is 6.51. The maximum absolute atomic E-state index is 13.5. The summed E-state index contributed by atoms with van der Waals surface area (Å²) in [6, 6.07) is 25.1. The zero-order valence-corrected chi connectivity index (χ0v) is 19.2. The molecule has 1 amide bonds. The van der Waals surface area contributed by atoms with Crippen LogP contribution in [-0.4, -0.2) is 34.5 Å². The van der Waals surface area contributed by atoms with Gasteiger partial charge in [-0.2, -0.15) is 0 Å². The quantitative estimate of drug-likeness (QED) is 0.321. The van der Waals surface area contributed by atoms with Gasteiger partial charge >= 0.3 is 0 Å². The molecular weight excluding hydrogens is 418 g/mol. The van der Waals surface area contributed by atoms with Gasteiger partial charge in [0.1, 0.15) is 5.25 Å². The standard InChI is InChI=1S/C26H25N3O2S/c1-18-13-15-19(16-14-18)17-29-24(30)21-11-7-8-12-22(21)27-26(29)32-23(25(31)28(2)3)20-9-5-4-6-10-20/h4-16,23H,17H2,1-3H3. The zero-order valence-electron chi connectivity index (χ0n) is 18.4. The van der Waals surface area contributed by atoms with E-state index in [0.717, 1.165) is 16.7 Å². The van der Waals surface area contributed by atoms with Crippen LogP contribution in [0.25, 0.3) is 10.9 Å². The molecule has 0 bridgehead atoms. The van der Waals surface area contributed by atoms with Crippen LogP contribution in [0.15, 0.2) is 88.8 Å². The monoisotopic (exact) mass is 443 g/mol. The molecule has 4 aromatic rings. The number of likely N-dealkylation sites (N-methyl/N-ethyl adjacent to an activating group) is 1. The van der Waals surface area contributed by atoms with Gasteiger partial charge in [-0.15, -0.1) is 0 Å². The van der Waals surface area contributed by atoms with Gasteiger partial charge in [0.2, 0.25) is 5.91 Å². The van der Waals surface area contributed by atoms with E-state index in [9.17, 15) is 9.59 Å². The molecule has 162 valence electrons. The number of fused-ring (bicyclic) bond motifs is 1. The van der Waals surface area contributed by atoms with Crippen molar-refractivity contribution in [2.75, 3.05) is 14.1 Å². The minimum absolute atomic E-state index is 0.0505. The van der Waals surface area contributed by atoms with Crippen LogP contribution in [0, 0.1) is 6.92 Å². The topological polar surface area (TPSA) is 55.2 Å². The van der Waals surface area contributed by atoms with Gasteiger partial charge in [0, 0.05) is 14.1 Å². The Balaban J connectivity index is 1.84. The molecule has 32 heavy (non-hydrogen) atoms. The van der Waals surface area contributed by atoms with Crippen LogP contribution in [0.4, 0.5) is 0 Å². The highest BCUT2D eigenvalue weighted by atomic mass is 32.2. The maximum atomic E-state index is 13.5. The van der Waals surface area contributed by atoms with Crippen LogP contribution in [0.3, 0.4) is 0 Å². The predicted octanol–water partition coefficient (Wildman–Crippen LogP) is 4.67. The summed E-state index contributed by atoms with van der Waals surface area (Å²) in [7, 11) is 3.48. The van der Waals surface area contributed by atoms with E-state index in [1.165, 1.54) is 11.8 Å². The molecule has 6 heteroatoms. The molecule has 1 unspecified atom stereocenters. The summed E-state index contributed by atoms with van der Waals surface area (Å²) in [5.74, 6) is -0.0505. The maximum Gasteiger partial charge on any atom is 0.262 e. The van der Waals surface area contributed by atoms with E-state index in [2.05, 4.69) is 0 Å². The number of carbonyl (C=O) groups excluding carboxylic acids is 1. The Morgan fingerprint density at radius 1 is 0.969 bits per heavy atom. The van der Waals surface area contributed by atoms with Crippen molar-refractivity contribution in [2.24, 2.45) is 0 Å². The SMILES string of the molecule is Cc1ccc(Cn2c(SC(C(=O)N(C)C)c3ccccc3)nc3ccccc3c2=O)cc1. The number of rotatable bonds is 6. The lowest BCUT2D eigenvalue weighted by Gasteiger charge is -2.22. The van der Waals surface area contributed by atoms with Gasteiger partial charge in [-0.25, -0.2) is 4.98 Å². The van der Waals surface area contributed by atoms with Crippen LogP contribution < -0.4 is 5.56 Å². The predicted molar refractivity (Wildman–Crippen MR) is 130 cm³/mol. The average Bonchev–Trinajstić information content (AvgIpc) is 2.81. The summed E-state index contributed by atoms with van der Waals surface area (Å²) in [6.45, 7) is 2.42. The van der Waals surface area contributed by atoms with Crippen LogP contribution in [0.1, 0.15) is 21.9 Å². The first kappa shape index (κ1) is 21.8. The third-order valence-electron chi connectivity index (χ3n) is 5.28. The van der Waals surface area contributed by atoms with Gasteiger partial charge in [-0.05, 0) is 30.2 Å². The first-order valence-electron chi connectivity index (χ1n) is 10.4. The number of amides is 1. The van der Waals surface area contributed by atoms with Crippen molar-refractivity contribution in [1.29, 1.82) is 0 Å². The highest BCUT2D eigenvalue weighted by Crippen LogP contribution is 2.35. The van der Waals surface area contributed by atoms with Gasteiger partial charge < -0.3 is 4.90 Å². The van der Waals surface area contributed by atoms with Gasteiger partial charge in [0.15, 0.2) is 5.16 Å². The van der Waals surface area contributed by atoms with Crippen molar-refractivity contribution in [1.82, 2.24) is 14.5 Å². The fourth-order valence-corrected chi connectivity index (χ4v) is 4.72. The smallest absolute Gasteiger partial charge is 0.262 e. The summed E-state index contributed by atoms with van der Waals surface area (Å²) >= 11 is 1.32. The summed E-state index contributed by atoms with van der Waals surface area (Å²) < 4.78 is 1.68. The van der Waals surface area contributed by atoms with E-state index in [0.29, 0.717) is 22.6 Å². The Morgan fingerprint density at radius 2 is 1.62 bits per heavy atom. The molecule has 0 aliphatic rings. The van der Waals surface area contributed by atoms with Gasteiger partial charge in [-0.3, -0.25) is 14.2 Å². The first-order chi connectivity index (χ1) is 15.4. The molecule has 0 spiro atoms. The molecule has 0 aliphatic heterocycles. The molecule has 0 saturated heterocycles. The van der Waals surface area contributed by atoms with Crippen molar-refractivity contribution in [2.45, 2.75) is 23.9 Å². The van der Waals surface area contributed by atoms with E-state index >= 15 is 0 Å². The Kier molecular flexibility index (Phi) is 6.42. The number of para-hydroxylation sites is 1. The molecule has 0 radical (unpaired) electrons. The summed E-state index contributed by atoms with van der Waals surface area (Å²) in [6.07, 6.45) is 0. The molecule has 1 heterocycles. The average molecular weight is 444 g/mol. The third kappa shape index (κ3) is 4.60. The molecule has 3 aromatic carbocycles. The van der Waals surface area contributed by atoms with Crippen molar-refractivity contribution in [3.8, 4) is 0 Å². The zero-order chi connectivity index (χ0) is 22.7. The van der Waals surface area contributed by atoms with Gasteiger partial charge in [0.25, 0.3) is 5.56 Å². The molecule has 1 atom stereocenters. The number of nitrogens with zero attached hydrogens (tertiary/aromatic N) is 3. The number of hydrogen-bond donors (Lipinski definition) is 0. The van der Waals surface area contributed by atoms with Crippen LogP contribution in [0.5, 0.6) is 0 Å². The Hall–Kier alpha value is -3.38. The summed E-state index contributed by atoms with van der Waals surface area (Å²) in [4.78, 5) is 32.9. The molecule has 1 aromatic heterocycles. The van der Waals surface area contributed by atoms with Crippen molar-refractivity contribution in [3.05, 3.63) is 106 Å². The van der Waals surface area contributed by atoms with Crippen LogP contribution >= 0.6 is 11.8 Å². The fourth-order valence-electron chi connectivity index (χ4n) is 3.48.